The van der Waals surface area contributed by atoms with Crippen molar-refractivity contribution in [1.82, 2.24) is 5.32 Å². The fourth-order valence-corrected chi connectivity index (χ4v) is 1.95. The molecule has 108 valence electrons. The van der Waals surface area contributed by atoms with E-state index in [9.17, 15) is 14.0 Å². The largest absolute Gasteiger partial charge is 0.489 e. The van der Waals surface area contributed by atoms with Gasteiger partial charge in [0, 0.05) is 6.07 Å². The highest BCUT2D eigenvalue weighted by atomic mass is 19.1. The molecule has 1 aromatic rings. The van der Waals surface area contributed by atoms with E-state index in [2.05, 4.69) is 5.32 Å². The molecule has 6 heteroatoms. The number of aliphatic carboxylic acids is 1. The summed E-state index contributed by atoms with van der Waals surface area (Å²) in [6.07, 6.45) is 0.0584. The minimum atomic E-state index is -0.936. The van der Waals surface area contributed by atoms with E-state index in [4.69, 9.17) is 9.84 Å². The van der Waals surface area contributed by atoms with Gasteiger partial charge in [0.05, 0.1) is 18.4 Å². The Balaban J connectivity index is 1.74. The lowest BCUT2D eigenvalue weighted by Gasteiger charge is -2.15. The summed E-state index contributed by atoms with van der Waals surface area (Å²) in [5.41, 5.74) is 0. The van der Waals surface area contributed by atoms with Crippen molar-refractivity contribution in [2.45, 2.75) is 19.4 Å². The van der Waals surface area contributed by atoms with Crippen LogP contribution in [0.15, 0.2) is 24.3 Å². The molecule has 0 saturated heterocycles. The van der Waals surface area contributed by atoms with Gasteiger partial charge in [0.15, 0.2) is 0 Å². The van der Waals surface area contributed by atoms with Gasteiger partial charge < -0.3 is 15.2 Å². The Morgan fingerprint density at radius 3 is 2.85 bits per heavy atom. The molecule has 0 heterocycles. The second kappa shape index (κ2) is 5.90. The van der Waals surface area contributed by atoms with Crippen LogP contribution in [0.4, 0.5) is 4.39 Å². The Morgan fingerprint density at radius 1 is 1.50 bits per heavy atom. The van der Waals surface area contributed by atoms with Crippen LogP contribution in [0.2, 0.25) is 0 Å². The number of amides is 1. The molecule has 0 radical (unpaired) electrons. The van der Waals surface area contributed by atoms with Crippen LogP contribution in [0.1, 0.15) is 13.3 Å². The van der Waals surface area contributed by atoms with Crippen molar-refractivity contribution < 1.29 is 23.8 Å². The first-order valence-corrected chi connectivity index (χ1v) is 6.40. The van der Waals surface area contributed by atoms with Crippen LogP contribution in [-0.4, -0.2) is 29.6 Å². The van der Waals surface area contributed by atoms with Crippen LogP contribution in [-0.2, 0) is 9.59 Å². The van der Waals surface area contributed by atoms with E-state index in [0.29, 0.717) is 12.2 Å². The van der Waals surface area contributed by atoms with Crippen molar-refractivity contribution >= 4 is 11.9 Å². The zero-order valence-electron chi connectivity index (χ0n) is 11.0. The van der Waals surface area contributed by atoms with Crippen molar-refractivity contribution in [2.75, 3.05) is 6.54 Å². The molecule has 1 amide bonds. The van der Waals surface area contributed by atoms with Crippen molar-refractivity contribution in [3.63, 3.8) is 0 Å². The molecule has 0 aliphatic heterocycles. The number of carbonyl (C=O) groups excluding carboxylic acids is 1. The van der Waals surface area contributed by atoms with Crippen molar-refractivity contribution in [2.24, 2.45) is 11.8 Å². The van der Waals surface area contributed by atoms with E-state index < -0.39 is 17.8 Å². The third kappa shape index (κ3) is 3.69. The lowest BCUT2D eigenvalue weighted by Crippen LogP contribution is -2.35. The minimum absolute atomic E-state index is 0.248. The molecule has 2 N–H and O–H groups in total. The van der Waals surface area contributed by atoms with Gasteiger partial charge in [-0.15, -0.1) is 0 Å². The fourth-order valence-electron chi connectivity index (χ4n) is 1.95. The molecule has 1 aromatic carbocycles. The third-order valence-electron chi connectivity index (χ3n) is 3.14. The standard InChI is InChI=1S/C14H16FNO4/c1-8(20-10-4-2-3-9(15)5-10)7-16-13(17)11-6-12(11)14(18)19/h2-5,8,11-12H,6-7H2,1H3,(H,16,17)(H,18,19). The normalized spacial score (nSPS) is 21.9. The number of carboxylic acids is 1. The van der Waals surface area contributed by atoms with Crippen LogP contribution in [0.5, 0.6) is 5.75 Å². The van der Waals surface area contributed by atoms with Gasteiger partial charge in [-0.2, -0.15) is 0 Å². The van der Waals surface area contributed by atoms with Gasteiger partial charge >= 0.3 is 5.97 Å². The third-order valence-corrected chi connectivity index (χ3v) is 3.14. The second-order valence-electron chi connectivity index (χ2n) is 4.92. The quantitative estimate of drug-likeness (QED) is 0.827. The summed E-state index contributed by atoms with van der Waals surface area (Å²) in [7, 11) is 0. The van der Waals surface area contributed by atoms with Crippen LogP contribution in [0, 0.1) is 17.7 Å². The number of hydrogen-bond acceptors (Lipinski definition) is 3. The Bertz CT molecular complexity index is 520. The van der Waals surface area contributed by atoms with Gasteiger partial charge in [-0.25, -0.2) is 4.39 Å². The molecule has 1 fully saturated rings. The molecule has 1 aliphatic carbocycles. The Morgan fingerprint density at radius 2 is 2.25 bits per heavy atom. The highest BCUT2D eigenvalue weighted by Gasteiger charge is 2.48. The van der Waals surface area contributed by atoms with Crippen LogP contribution in [0.25, 0.3) is 0 Å². The maximum absolute atomic E-state index is 13.0. The highest BCUT2D eigenvalue weighted by Crippen LogP contribution is 2.38. The number of carbonyl (C=O) groups is 2. The second-order valence-corrected chi connectivity index (χ2v) is 4.92. The van der Waals surface area contributed by atoms with Gasteiger partial charge in [0.2, 0.25) is 5.91 Å². The van der Waals surface area contributed by atoms with Gasteiger partial charge in [0.1, 0.15) is 17.7 Å². The number of hydrogen-bond donors (Lipinski definition) is 2. The molecular formula is C14H16FNO4. The lowest BCUT2D eigenvalue weighted by molar-refractivity contribution is -0.140. The van der Waals surface area contributed by atoms with Crippen LogP contribution < -0.4 is 10.1 Å². The smallest absolute Gasteiger partial charge is 0.307 e. The summed E-state index contributed by atoms with van der Waals surface area (Å²) in [6.45, 7) is 1.99. The first kappa shape index (κ1) is 14.3. The maximum Gasteiger partial charge on any atom is 0.307 e. The molecule has 0 spiro atoms. The summed E-state index contributed by atoms with van der Waals surface area (Å²) in [6, 6.07) is 5.75. The molecule has 0 bridgehead atoms. The molecule has 3 atom stereocenters. The maximum atomic E-state index is 13.0. The predicted octanol–water partition coefficient (Wildman–Crippen LogP) is 1.43. The van der Waals surface area contributed by atoms with Gasteiger partial charge in [0.25, 0.3) is 0 Å². The van der Waals surface area contributed by atoms with E-state index >= 15 is 0 Å². The van der Waals surface area contributed by atoms with Crippen molar-refractivity contribution in [3.05, 3.63) is 30.1 Å². The first-order chi connectivity index (χ1) is 9.47. The average molecular weight is 281 g/mol. The van der Waals surface area contributed by atoms with Crippen LogP contribution in [0.3, 0.4) is 0 Å². The number of rotatable bonds is 6. The zero-order valence-corrected chi connectivity index (χ0v) is 11.0. The molecule has 3 unspecified atom stereocenters. The Labute approximate surface area is 115 Å². The van der Waals surface area contributed by atoms with Gasteiger partial charge in [-0.3, -0.25) is 9.59 Å². The topological polar surface area (TPSA) is 75.6 Å². The first-order valence-electron chi connectivity index (χ1n) is 6.40. The van der Waals surface area contributed by atoms with Crippen molar-refractivity contribution in [3.8, 4) is 5.75 Å². The number of halogens is 1. The number of carboxylic acid groups (broad SMARTS) is 1. The van der Waals surface area contributed by atoms with Gasteiger partial charge in [-0.05, 0) is 25.5 Å². The minimum Gasteiger partial charge on any atom is -0.489 e. The Kier molecular flexibility index (Phi) is 4.22. The van der Waals surface area contributed by atoms with E-state index in [0.717, 1.165) is 0 Å². The zero-order chi connectivity index (χ0) is 14.7. The molecule has 5 nitrogen and oxygen atoms in total. The molecule has 1 saturated carbocycles. The van der Waals surface area contributed by atoms with E-state index in [1.165, 1.54) is 18.2 Å². The molecule has 0 aromatic heterocycles. The van der Waals surface area contributed by atoms with Crippen molar-refractivity contribution in [1.29, 1.82) is 0 Å². The summed E-state index contributed by atoms with van der Waals surface area (Å²) in [4.78, 5) is 22.3. The predicted molar refractivity (Wildman–Crippen MR) is 68.7 cm³/mol. The summed E-state index contributed by atoms with van der Waals surface area (Å²) in [5, 5.41) is 11.4. The van der Waals surface area contributed by atoms with E-state index in [-0.39, 0.29) is 24.4 Å². The molecule has 1 aliphatic rings. The summed E-state index contributed by atoms with van der Waals surface area (Å²) < 4.78 is 18.4. The van der Waals surface area contributed by atoms with E-state index in [1.54, 1.807) is 13.0 Å². The summed E-state index contributed by atoms with van der Waals surface area (Å²) >= 11 is 0. The fraction of sp³-hybridized carbons (Fsp3) is 0.429. The lowest BCUT2D eigenvalue weighted by atomic mass is 10.3. The Hall–Kier alpha value is -2.11. The number of nitrogens with one attached hydrogen (secondary N) is 1. The van der Waals surface area contributed by atoms with Crippen LogP contribution >= 0.6 is 0 Å². The molecular weight excluding hydrogens is 265 g/mol. The highest BCUT2D eigenvalue weighted by molar-refractivity contribution is 5.89. The van der Waals surface area contributed by atoms with Gasteiger partial charge in [-0.1, -0.05) is 6.07 Å². The SMILES string of the molecule is CC(CNC(=O)C1CC1C(=O)O)Oc1cccc(F)c1. The molecule has 2 rings (SSSR count). The molecule has 20 heavy (non-hydrogen) atoms. The number of ether oxygens (including phenoxy) is 1. The average Bonchev–Trinajstić information content (AvgIpc) is 3.16. The summed E-state index contributed by atoms with van der Waals surface area (Å²) in [5.74, 6) is -2.20. The van der Waals surface area contributed by atoms with E-state index in [1.807, 2.05) is 0 Å². The number of benzene rings is 1. The monoisotopic (exact) mass is 281 g/mol.